The Kier molecular flexibility index (Phi) is 5.15. The molecule has 0 spiro atoms. The summed E-state index contributed by atoms with van der Waals surface area (Å²) in [4.78, 5) is 34.0. The summed E-state index contributed by atoms with van der Waals surface area (Å²) in [5.41, 5.74) is 0.516. The highest BCUT2D eigenvalue weighted by atomic mass is 16.6. The fourth-order valence-electron chi connectivity index (χ4n) is 3.34. The Morgan fingerprint density at radius 1 is 1.28 bits per heavy atom. The minimum Gasteiger partial charge on any atom is -0.497 e. The Morgan fingerprint density at radius 3 is 2.69 bits per heavy atom. The molecule has 4 rings (SSSR count). The lowest BCUT2D eigenvalue weighted by molar-refractivity contribution is -0.384. The summed E-state index contributed by atoms with van der Waals surface area (Å²) in [7, 11) is 1.58. The van der Waals surface area contributed by atoms with Gasteiger partial charge in [-0.3, -0.25) is 14.9 Å². The van der Waals surface area contributed by atoms with Gasteiger partial charge in [-0.15, -0.1) is 0 Å². The van der Waals surface area contributed by atoms with Gasteiger partial charge >= 0.3 is 5.69 Å². The van der Waals surface area contributed by atoms with Gasteiger partial charge in [0.2, 0.25) is 17.7 Å². The molecule has 1 unspecified atom stereocenters. The van der Waals surface area contributed by atoms with E-state index in [9.17, 15) is 14.9 Å². The molecule has 1 aliphatic heterocycles. The zero-order chi connectivity index (χ0) is 20.4. The Balaban J connectivity index is 1.52. The van der Waals surface area contributed by atoms with Gasteiger partial charge in [-0.25, -0.2) is 4.98 Å². The highest BCUT2D eigenvalue weighted by Crippen LogP contribution is 2.32. The molecule has 1 aromatic carbocycles. The van der Waals surface area contributed by atoms with Gasteiger partial charge in [0.1, 0.15) is 18.0 Å². The van der Waals surface area contributed by atoms with Crippen molar-refractivity contribution < 1.29 is 14.5 Å². The van der Waals surface area contributed by atoms with Crippen LogP contribution in [0.1, 0.15) is 25.7 Å². The van der Waals surface area contributed by atoms with E-state index in [1.165, 1.54) is 6.20 Å². The molecule has 29 heavy (non-hydrogen) atoms. The van der Waals surface area contributed by atoms with Crippen LogP contribution in [0, 0.1) is 10.1 Å². The summed E-state index contributed by atoms with van der Waals surface area (Å²) < 4.78 is 5.13. The van der Waals surface area contributed by atoms with E-state index in [4.69, 9.17) is 4.74 Å². The van der Waals surface area contributed by atoms with Gasteiger partial charge in [-0.1, -0.05) is 0 Å². The third-order valence-corrected chi connectivity index (χ3v) is 5.04. The number of nitrogens with one attached hydrogen (secondary N) is 2. The topological polar surface area (TPSA) is 123 Å². The van der Waals surface area contributed by atoms with Crippen molar-refractivity contribution in [2.24, 2.45) is 0 Å². The largest absolute Gasteiger partial charge is 0.497 e. The van der Waals surface area contributed by atoms with Gasteiger partial charge in [-0.2, -0.15) is 4.98 Å². The van der Waals surface area contributed by atoms with Crippen LogP contribution in [0.25, 0.3) is 0 Å². The maximum atomic E-state index is 12.8. The van der Waals surface area contributed by atoms with Crippen LogP contribution in [0.4, 0.5) is 23.1 Å². The number of hydrogen-bond donors (Lipinski definition) is 2. The van der Waals surface area contributed by atoms with Gasteiger partial charge in [0.25, 0.3) is 0 Å². The Bertz CT molecular complexity index is 915. The molecule has 1 atom stereocenters. The normalized spacial score (nSPS) is 18.4. The van der Waals surface area contributed by atoms with Crippen LogP contribution >= 0.6 is 0 Å². The molecule has 1 amide bonds. The molecule has 2 aliphatic rings. The number of amides is 1. The molecule has 10 heteroatoms. The average Bonchev–Trinajstić information content (AvgIpc) is 3.39. The molecular weight excluding hydrogens is 376 g/mol. The zero-order valence-corrected chi connectivity index (χ0v) is 16.0. The van der Waals surface area contributed by atoms with E-state index in [-0.39, 0.29) is 23.5 Å². The van der Waals surface area contributed by atoms with E-state index in [1.807, 2.05) is 0 Å². The molecule has 0 radical (unpaired) electrons. The highest BCUT2D eigenvalue weighted by Gasteiger charge is 2.34. The SMILES string of the molecule is COc1ccc(NC(=O)C2CCCN2c2ncc([N+](=O)[O-])c(NC3CC3)n2)cc1. The van der Waals surface area contributed by atoms with Crippen molar-refractivity contribution in [3.05, 3.63) is 40.6 Å². The first-order chi connectivity index (χ1) is 14.0. The Hall–Kier alpha value is -3.43. The monoisotopic (exact) mass is 398 g/mol. The van der Waals surface area contributed by atoms with Gasteiger partial charge in [-0.05, 0) is 49.9 Å². The maximum Gasteiger partial charge on any atom is 0.329 e. The number of nitro groups is 1. The summed E-state index contributed by atoms with van der Waals surface area (Å²) in [6.45, 7) is 0.612. The third kappa shape index (κ3) is 4.20. The first-order valence-corrected chi connectivity index (χ1v) is 9.54. The molecule has 1 aliphatic carbocycles. The van der Waals surface area contributed by atoms with Crippen molar-refractivity contribution in [1.82, 2.24) is 9.97 Å². The van der Waals surface area contributed by atoms with Crippen LogP contribution in [-0.2, 0) is 4.79 Å². The average molecular weight is 398 g/mol. The summed E-state index contributed by atoms with van der Waals surface area (Å²) in [6.07, 6.45) is 4.62. The standard InChI is InChI=1S/C19H22N6O4/c1-29-14-8-6-13(7-9-14)22-18(26)15-3-2-10-24(15)19-20-11-16(25(27)28)17(23-19)21-12-4-5-12/h6-9,11-12,15H,2-5,10H2,1H3,(H,22,26)(H,20,21,23). The van der Waals surface area contributed by atoms with Crippen LogP contribution < -0.4 is 20.3 Å². The molecule has 0 bridgehead atoms. The smallest absolute Gasteiger partial charge is 0.329 e. The second-order valence-corrected chi connectivity index (χ2v) is 7.15. The summed E-state index contributed by atoms with van der Waals surface area (Å²) >= 11 is 0. The molecule has 2 N–H and O–H groups in total. The number of hydrogen-bond acceptors (Lipinski definition) is 8. The molecule has 1 aromatic heterocycles. The number of carbonyl (C=O) groups is 1. The molecule has 2 fully saturated rings. The number of nitrogens with zero attached hydrogens (tertiary/aromatic N) is 4. The Labute approximate surface area is 167 Å². The van der Waals surface area contributed by atoms with E-state index in [0.717, 1.165) is 19.3 Å². The van der Waals surface area contributed by atoms with Crippen molar-refractivity contribution in [2.45, 2.75) is 37.8 Å². The van der Waals surface area contributed by atoms with E-state index < -0.39 is 11.0 Å². The second kappa shape index (κ2) is 7.90. The number of carbonyl (C=O) groups excluding carboxylic acids is 1. The third-order valence-electron chi connectivity index (χ3n) is 5.04. The second-order valence-electron chi connectivity index (χ2n) is 7.15. The summed E-state index contributed by atoms with van der Waals surface area (Å²) in [6, 6.07) is 6.87. The first-order valence-electron chi connectivity index (χ1n) is 9.54. The first kappa shape index (κ1) is 18.9. The lowest BCUT2D eigenvalue weighted by Crippen LogP contribution is -2.40. The molecule has 2 aromatic rings. The molecule has 2 heterocycles. The minimum absolute atomic E-state index is 0.154. The van der Waals surface area contributed by atoms with E-state index in [1.54, 1.807) is 36.3 Å². The van der Waals surface area contributed by atoms with E-state index >= 15 is 0 Å². The van der Waals surface area contributed by atoms with Gasteiger partial charge < -0.3 is 20.3 Å². The molecular formula is C19H22N6O4. The number of rotatable bonds is 7. The van der Waals surface area contributed by atoms with Crippen molar-refractivity contribution in [3.8, 4) is 5.75 Å². The van der Waals surface area contributed by atoms with E-state index in [2.05, 4.69) is 20.6 Å². The van der Waals surface area contributed by atoms with Crippen molar-refractivity contribution in [3.63, 3.8) is 0 Å². The highest BCUT2D eigenvalue weighted by molar-refractivity contribution is 5.97. The van der Waals surface area contributed by atoms with Gasteiger partial charge in [0.15, 0.2) is 0 Å². The fourth-order valence-corrected chi connectivity index (χ4v) is 3.34. The number of methoxy groups -OCH3 is 1. The minimum atomic E-state index is -0.494. The van der Waals surface area contributed by atoms with Crippen LogP contribution in [0.15, 0.2) is 30.5 Å². The number of ether oxygens (including phenoxy) is 1. The number of benzene rings is 1. The van der Waals surface area contributed by atoms with Crippen LogP contribution in [0.5, 0.6) is 5.75 Å². The molecule has 152 valence electrons. The number of anilines is 3. The Morgan fingerprint density at radius 2 is 2.03 bits per heavy atom. The fraction of sp³-hybridized carbons (Fsp3) is 0.421. The lowest BCUT2D eigenvalue weighted by atomic mass is 10.2. The molecule has 1 saturated carbocycles. The van der Waals surface area contributed by atoms with Crippen molar-refractivity contribution in [2.75, 3.05) is 29.2 Å². The van der Waals surface area contributed by atoms with Gasteiger partial charge in [0.05, 0.1) is 12.0 Å². The summed E-state index contributed by atoms with van der Waals surface area (Å²) in [5.74, 6) is 1.08. The van der Waals surface area contributed by atoms with E-state index in [0.29, 0.717) is 30.4 Å². The van der Waals surface area contributed by atoms with Crippen LogP contribution in [-0.4, -0.2) is 46.5 Å². The predicted molar refractivity (Wildman–Crippen MR) is 107 cm³/mol. The van der Waals surface area contributed by atoms with Crippen LogP contribution in [0.2, 0.25) is 0 Å². The van der Waals surface area contributed by atoms with Crippen molar-refractivity contribution >= 4 is 29.0 Å². The molecule has 10 nitrogen and oxygen atoms in total. The summed E-state index contributed by atoms with van der Waals surface area (Å²) in [5, 5.41) is 17.3. The number of aromatic nitrogens is 2. The van der Waals surface area contributed by atoms with Crippen LogP contribution in [0.3, 0.4) is 0 Å². The van der Waals surface area contributed by atoms with Crippen molar-refractivity contribution in [1.29, 1.82) is 0 Å². The molecule has 1 saturated heterocycles. The quantitative estimate of drug-likeness (QED) is 0.539. The predicted octanol–water partition coefficient (Wildman–Crippen LogP) is 2.58. The van der Waals surface area contributed by atoms with Gasteiger partial charge in [0, 0.05) is 18.3 Å². The lowest BCUT2D eigenvalue weighted by Gasteiger charge is -2.24. The maximum absolute atomic E-state index is 12.8. The zero-order valence-electron chi connectivity index (χ0n) is 16.0.